The number of nitrogens with zero attached hydrogens (tertiary/aromatic N) is 2. The standard InChI is InChI=1S/C27H20N2O3/c30-26-23-24(19-10-3-1-4-11-19)29(21-13-5-2-6-14-21)32-25(23)27(31)28(26)22-16-15-18-9-7-8-12-20(18)17-22/h1-17,23-25H/t23-,24+,25+/m1/s1. The third-order valence-electron chi connectivity index (χ3n) is 6.26. The van der Waals surface area contributed by atoms with E-state index in [0.717, 1.165) is 22.0 Å². The third-order valence-corrected chi connectivity index (χ3v) is 6.26. The van der Waals surface area contributed by atoms with Gasteiger partial charge in [-0.25, -0.2) is 9.96 Å². The monoisotopic (exact) mass is 420 g/mol. The van der Waals surface area contributed by atoms with Crippen molar-refractivity contribution in [1.82, 2.24) is 0 Å². The van der Waals surface area contributed by atoms with Gasteiger partial charge < -0.3 is 0 Å². The van der Waals surface area contributed by atoms with E-state index in [9.17, 15) is 9.59 Å². The van der Waals surface area contributed by atoms with Crippen LogP contribution in [0.1, 0.15) is 11.6 Å². The third kappa shape index (κ3) is 2.82. The van der Waals surface area contributed by atoms with Crippen molar-refractivity contribution in [2.75, 3.05) is 9.96 Å². The normalized spacial score (nSPS) is 22.6. The number of para-hydroxylation sites is 1. The smallest absolute Gasteiger partial charge is 0.266 e. The topological polar surface area (TPSA) is 49.9 Å². The summed E-state index contributed by atoms with van der Waals surface area (Å²) in [5.41, 5.74) is 2.33. The van der Waals surface area contributed by atoms with Gasteiger partial charge in [-0.3, -0.25) is 14.4 Å². The van der Waals surface area contributed by atoms with Crippen molar-refractivity contribution in [3.63, 3.8) is 0 Å². The van der Waals surface area contributed by atoms with Crippen LogP contribution >= 0.6 is 0 Å². The molecule has 0 radical (unpaired) electrons. The van der Waals surface area contributed by atoms with Crippen LogP contribution < -0.4 is 9.96 Å². The molecule has 6 rings (SSSR count). The Bertz CT molecular complexity index is 1320. The van der Waals surface area contributed by atoms with Gasteiger partial charge in [-0.05, 0) is 40.6 Å². The van der Waals surface area contributed by atoms with Crippen molar-refractivity contribution >= 4 is 34.0 Å². The number of hydrogen-bond donors (Lipinski definition) is 0. The first kappa shape index (κ1) is 18.8. The molecule has 0 spiro atoms. The Balaban J connectivity index is 1.43. The van der Waals surface area contributed by atoms with E-state index < -0.39 is 18.1 Å². The first-order valence-corrected chi connectivity index (χ1v) is 10.6. The van der Waals surface area contributed by atoms with Crippen molar-refractivity contribution in [2.45, 2.75) is 12.1 Å². The molecule has 2 amide bonds. The first-order chi connectivity index (χ1) is 15.7. The summed E-state index contributed by atoms with van der Waals surface area (Å²) in [7, 11) is 0. The highest BCUT2D eigenvalue weighted by molar-refractivity contribution is 6.24. The number of amides is 2. The van der Waals surface area contributed by atoms with Gasteiger partial charge in [-0.15, -0.1) is 0 Å². The van der Waals surface area contributed by atoms with Crippen molar-refractivity contribution in [1.29, 1.82) is 0 Å². The maximum absolute atomic E-state index is 13.7. The van der Waals surface area contributed by atoms with Crippen LogP contribution in [0.25, 0.3) is 10.8 Å². The molecule has 2 heterocycles. The summed E-state index contributed by atoms with van der Waals surface area (Å²) in [4.78, 5) is 34.6. The SMILES string of the molecule is O=C1[C@H]2[C@H](ON(c3ccccc3)[C@H]2c2ccccc2)C(=O)N1c1ccc2ccccc2c1. The minimum Gasteiger partial charge on any atom is -0.273 e. The van der Waals surface area contributed by atoms with Crippen molar-refractivity contribution in [3.8, 4) is 0 Å². The summed E-state index contributed by atoms with van der Waals surface area (Å²) in [5.74, 6) is -1.19. The highest BCUT2D eigenvalue weighted by Crippen LogP contribution is 2.47. The summed E-state index contributed by atoms with van der Waals surface area (Å²) in [6.45, 7) is 0. The molecule has 0 unspecified atom stereocenters. The van der Waals surface area contributed by atoms with E-state index >= 15 is 0 Å². The average molecular weight is 420 g/mol. The molecule has 2 aliphatic rings. The molecule has 0 aliphatic carbocycles. The summed E-state index contributed by atoms with van der Waals surface area (Å²) >= 11 is 0. The summed E-state index contributed by atoms with van der Waals surface area (Å²) in [5, 5.41) is 3.76. The Morgan fingerprint density at radius 2 is 1.28 bits per heavy atom. The predicted octanol–water partition coefficient (Wildman–Crippen LogP) is 4.89. The first-order valence-electron chi connectivity index (χ1n) is 10.6. The van der Waals surface area contributed by atoms with Crippen LogP contribution in [0.5, 0.6) is 0 Å². The van der Waals surface area contributed by atoms with E-state index in [1.807, 2.05) is 103 Å². The van der Waals surface area contributed by atoms with Crippen molar-refractivity contribution in [3.05, 3.63) is 109 Å². The van der Waals surface area contributed by atoms with Crippen LogP contribution in [0, 0.1) is 5.92 Å². The van der Waals surface area contributed by atoms with E-state index in [0.29, 0.717) is 5.69 Å². The van der Waals surface area contributed by atoms with Gasteiger partial charge in [0, 0.05) is 0 Å². The van der Waals surface area contributed by atoms with Crippen LogP contribution in [-0.2, 0) is 14.4 Å². The van der Waals surface area contributed by atoms with Gasteiger partial charge in [-0.2, -0.15) is 0 Å². The maximum atomic E-state index is 13.7. The van der Waals surface area contributed by atoms with Crippen LogP contribution in [0.15, 0.2) is 103 Å². The molecule has 3 atom stereocenters. The number of rotatable bonds is 3. The van der Waals surface area contributed by atoms with E-state index in [4.69, 9.17) is 4.84 Å². The molecule has 0 N–H and O–H groups in total. The molecule has 5 nitrogen and oxygen atoms in total. The number of carbonyl (C=O) groups is 2. The number of benzene rings is 4. The molecule has 2 saturated heterocycles. The Hall–Kier alpha value is -3.96. The Morgan fingerprint density at radius 1 is 0.625 bits per heavy atom. The van der Waals surface area contributed by atoms with Gasteiger partial charge in [0.2, 0.25) is 5.91 Å². The van der Waals surface area contributed by atoms with Gasteiger partial charge in [0.25, 0.3) is 5.91 Å². The molecule has 2 aliphatic heterocycles. The second kappa shape index (κ2) is 7.32. The molecular weight excluding hydrogens is 400 g/mol. The van der Waals surface area contributed by atoms with Gasteiger partial charge >= 0.3 is 0 Å². The fourth-order valence-corrected chi connectivity index (χ4v) is 4.77. The summed E-state index contributed by atoms with van der Waals surface area (Å²) in [6.07, 6.45) is -0.862. The van der Waals surface area contributed by atoms with Crippen LogP contribution in [0.3, 0.4) is 0 Å². The molecule has 0 aromatic heterocycles. The maximum Gasteiger partial charge on any atom is 0.266 e. The minimum atomic E-state index is -0.862. The van der Waals surface area contributed by atoms with Gasteiger partial charge in [0.1, 0.15) is 5.92 Å². The molecule has 5 heteroatoms. The summed E-state index contributed by atoms with van der Waals surface area (Å²) in [6, 6.07) is 32.5. The number of hydrogen-bond acceptors (Lipinski definition) is 4. The lowest BCUT2D eigenvalue weighted by Gasteiger charge is -2.28. The Kier molecular flexibility index (Phi) is 4.30. The predicted molar refractivity (Wildman–Crippen MR) is 123 cm³/mol. The molecule has 0 saturated carbocycles. The number of imide groups is 1. The number of fused-ring (bicyclic) bond motifs is 2. The van der Waals surface area contributed by atoms with Crippen molar-refractivity contribution < 1.29 is 14.4 Å². The molecule has 4 aromatic rings. The number of anilines is 2. The van der Waals surface area contributed by atoms with Gasteiger partial charge in [0.15, 0.2) is 6.10 Å². The highest BCUT2D eigenvalue weighted by atomic mass is 16.7. The lowest BCUT2D eigenvalue weighted by Crippen LogP contribution is -2.37. The fourth-order valence-electron chi connectivity index (χ4n) is 4.77. The van der Waals surface area contributed by atoms with Gasteiger partial charge in [0.05, 0.1) is 17.4 Å². The second-order valence-corrected chi connectivity index (χ2v) is 8.11. The molecular formula is C27H20N2O3. The Labute approximate surface area is 185 Å². The van der Waals surface area contributed by atoms with Crippen molar-refractivity contribution in [2.24, 2.45) is 5.92 Å². The minimum absolute atomic E-state index is 0.234. The highest BCUT2D eigenvalue weighted by Gasteiger charge is 2.60. The van der Waals surface area contributed by atoms with Crippen LogP contribution in [0.2, 0.25) is 0 Å². The van der Waals surface area contributed by atoms with E-state index in [-0.39, 0.29) is 11.8 Å². The summed E-state index contributed by atoms with van der Waals surface area (Å²) < 4.78 is 0. The van der Waals surface area contributed by atoms with Crippen LogP contribution in [0.4, 0.5) is 11.4 Å². The van der Waals surface area contributed by atoms with E-state index in [1.54, 1.807) is 5.06 Å². The lowest BCUT2D eigenvalue weighted by molar-refractivity contribution is -0.126. The number of hydroxylamine groups is 1. The largest absolute Gasteiger partial charge is 0.273 e. The Morgan fingerprint density at radius 3 is 2.03 bits per heavy atom. The molecule has 2 fully saturated rings. The quantitative estimate of drug-likeness (QED) is 0.443. The van der Waals surface area contributed by atoms with Crippen LogP contribution in [-0.4, -0.2) is 17.9 Å². The zero-order valence-corrected chi connectivity index (χ0v) is 17.2. The molecule has 32 heavy (non-hydrogen) atoms. The molecule has 4 aromatic carbocycles. The zero-order chi connectivity index (χ0) is 21.7. The van der Waals surface area contributed by atoms with E-state index in [1.165, 1.54) is 4.90 Å². The number of carbonyl (C=O) groups excluding carboxylic acids is 2. The average Bonchev–Trinajstić information content (AvgIpc) is 3.36. The molecule has 156 valence electrons. The van der Waals surface area contributed by atoms with E-state index in [2.05, 4.69) is 0 Å². The molecule has 0 bridgehead atoms. The fraction of sp³-hybridized carbons (Fsp3) is 0.111. The van der Waals surface area contributed by atoms with Gasteiger partial charge in [-0.1, -0.05) is 78.9 Å². The second-order valence-electron chi connectivity index (χ2n) is 8.11. The zero-order valence-electron chi connectivity index (χ0n) is 17.2. The lowest BCUT2D eigenvalue weighted by atomic mass is 9.90.